The molecule has 0 amide bonds. The Kier molecular flexibility index (Phi) is 4.68. The topological polar surface area (TPSA) is 66.8 Å². The summed E-state index contributed by atoms with van der Waals surface area (Å²) in [6.45, 7) is 0. The van der Waals surface area contributed by atoms with Crippen LogP contribution in [-0.2, 0) is 0 Å². The number of rotatable bonds is 4. The van der Waals surface area contributed by atoms with Crippen LogP contribution in [-0.4, -0.2) is 25.9 Å². The smallest absolute Gasteiger partial charge is 0.266 e. The van der Waals surface area contributed by atoms with Crippen molar-refractivity contribution in [3.63, 3.8) is 0 Å². The molecule has 29 heavy (non-hydrogen) atoms. The van der Waals surface area contributed by atoms with Crippen LogP contribution in [0.3, 0.4) is 0 Å². The van der Waals surface area contributed by atoms with Crippen molar-refractivity contribution in [1.82, 2.24) is 4.57 Å². The minimum Gasteiger partial charge on any atom is -0.496 e. The quantitative estimate of drug-likeness (QED) is 0.534. The van der Waals surface area contributed by atoms with E-state index in [1.165, 1.54) is 21.3 Å². The Morgan fingerprint density at radius 1 is 0.621 bits per heavy atom. The molecule has 0 aliphatic carbocycles. The second-order valence-electron chi connectivity index (χ2n) is 6.42. The average Bonchev–Trinajstić information content (AvgIpc) is 2.86. The molecule has 0 saturated heterocycles. The van der Waals surface area contributed by atoms with Crippen molar-refractivity contribution in [3.8, 4) is 22.9 Å². The lowest BCUT2D eigenvalue weighted by molar-refractivity contribution is 0.372. The predicted molar refractivity (Wildman–Crippen MR) is 113 cm³/mol. The first-order chi connectivity index (χ1) is 14.1. The summed E-state index contributed by atoms with van der Waals surface area (Å²) >= 11 is 0. The summed E-state index contributed by atoms with van der Waals surface area (Å²) in [6.07, 6.45) is 0. The molecule has 146 valence electrons. The summed E-state index contributed by atoms with van der Waals surface area (Å²) in [5, 5.41) is 2.25. The largest absolute Gasteiger partial charge is 0.496 e. The summed E-state index contributed by atoms with van der Waals surface area (Å²) in [4.78, 5) is 27.1. The van der Waals surface area contributed by atoms with Gasteiger partial charge in [0, 0.05) is 22.9 Å². The molecule has 0 radical (unpaired) electrons. The number of hydrogen-bond acceptors (Lipinski definition) is 5. The normalized spacial score (nSPS) is 10.9. The van der Waals surface area contributed by atoms with Crippen LogP contribution in [0.1, 0.15) is 0 Å². The number of hydrogen-bond donors (Lipinski definition) is 0. The van der Waals surface area contributed by atoms with Gasteiger partial charge in [-0.25, -0.2) is 4.57 Å². The Labute approximate surface area is 166 Å². The molecule has 0 aliphatic rings. The number of fused-ring (bicyclic) bond motifs is 3. The van der Waals surface area contributed by atoms with Gasteiger partial charge in [-0.2, -0.15) is 0 Å². The summed E-state index contributed by atoms with van der Waals surface area (Å²) in [5.41, 5.74) is -0.676. The highest BCUT2D eigenvalue weighted by atomic mass is 16.5. The van der Waals surface area contributed by atoms with Crippen LogP contribution in [0.2, 0.25) is 0 Å². The van der Waals surface area contributed by atoms with Crippen molar-refractivity contribution in [2.75, 3.05) is 21.3 Å². The maximum Gasteiger partial charge on any atom is 0.266 e. The van der Waals surface area contributed by atoms with Crippen molar-refractivity contribution in [2.24, 2.45) is 0 Å². The van der Waals surface area contributed by atoms with Crippen molar-refractivity contribution in [1.29, 1.82) is 0 Å². The van der Waals surface area contributed by atoms with E-state index in [-0.39, 0.29) is 5.69 Å². The van der Waals surface area contributed by atoms with Crippen LogP contribution < -0.4 is 25.3 Å². The van der Waals surface area contributed by atoms with E-state index < -0.39 is 11.1 Å². The van der Waals surface area contributed by atoms with Gasteiger partial charge in [-0.15, -0.1) is 0 Å². The molecular formula is C23H19NO5. The predicted octanol–water partition coefficient (Wildman–Crippen LogP) is 3.53. The molecule has 6 heteroatoms. The SMILES string of the molecule is COc1cc(OC)c(-n2c(=O)c3ccccc3c3ccccc3c2=O)c(OC)c1. The van der Waals surface area contributed by atoms with Gasteiger partial charge in [0.25, 0.3) is 11.1 Å². The first kappa shape index (κ1) is 18.6. The third kappa shape index (κ3) is 2.89. The number of aromatic nitrogens is 1. The van der Waals surface area contributed by atoms with Crippen molar-refractivity contribution in [2.45, 2.75) is 0 Å². The van der Waals surface area contributed by atoms with E-state index in [0.29, 0.717) is 38.8 Å². The van der Waals surface area contributed by atoms with Crippen molar-refractivity contribution < 1.29 is 14.2 Å². The maximum absolute atomic E-state index is 13.6. The van der Waals surface area contributed by atoms with E-state index in [4.69, 9.17) is 14.2 Å². The number of ether oxygens (including phenoxy) is 3. The summed E-state index contributed by atoms with van der Waals surface area (Å²) in [7, 11) is 4.45. The van der Waals surface area contributed by atoms with E-state index in [1.807, 2.05) is 24.3 Å². The Bertz CT molecular complexity index is 1260. The zero-order chi connectivity index (χ0) is 20.5. The third-order valence-corrected chi connectivity index (χ3v) is 4.92. The molecule has 0 N–H and O–H groups in total. The highest BCUT2D eigenvalue weighted by molar-refractivity contribution is 6.05. The van der Waals surface area contributed by atoms with E-state index >= 15 is 0 Å². The van der Waals surface area contributed by atoms with Crippen molar-refractivity contribution in [3.05, 3.63) is 81.4 Å². The molecule has 6 nitrogen and oxygen atoms in total. The fraction of sp³-hybridized carbons (Fsp3) is 0.130. The van der Waals surface area contributed by atoms with Gasteiger partial charge >= 0.3 is 0 Å². The van der Waals surface area contributed by atoms with Crippen LogP contribution in [0, 0.1) is 0 Å². The van der Waals surface area contributed by atoms with Gasteiger partial charge in [0.1, 0.15) is 11.4 Å². The highest BCUT2D eigenvalue weighted by Crippen LogP contribution is 2.36. The van der Waals surface area contributed by atoms with E-state index in [2.05, 4.69) is 0 Å². The molecule has 0 bridgehead atoms. The molecule has 0 fully saturated rings. The summed E-state index contributed by atoms with van der Waals surface area (Å²) < 4.78 is 17.4. The molecule has 1 aromatic heterocycles. The first-order valence-electron chi connectivity index (χ1n) is 8.98. The van der Waals surface area contributed by atoms with Gasteiger partial charge in [-0.3, -0.25) is 9.59 Å². The van der Waals surface area contributed by atoms with E-state index in [9.17, 15) is 9.59 Å². The van der Waals surface area contributed by atoms with E-state index in [0.717, 1.165) is 4.57 Å². The molecule has 0 atom stereocenters. The van der Waals surface area contributed by atoms with Crippen molar-refractivity contribution >= 4 is 21.5 Å². The van der Waals surface area contributed by atoms with Crippen LogP contribution >= 0.6 is 0 Å². The minimum atomic E-state index is -0.455. The minimum absolute atomic E-state index is 0.234. The lowest BCUT2D eigenvalue weighted by atomic mass is 10.1. The molecule has 0 unspecified atom stereocenters. The fourth-order valence-electron chi connectivity index (χ4n) is 3.55. The lowest BCUT2D eigenvalue weighted by Crippen LogP contribution is -2.29. The maximum atomic E-state index is 13.6. The number of methoxy groups -OCH3 is 3. The second kappa shape index (κ2) is 7.31. The lowest BCUT2D eigenvalue weighted by Gasteiger charge is -2.15. The Balaban J connectivity index is 2.31. The molecular weight excluding hydrogens is 370 g/mol. The molecule has 4 aromatic rings. The van der Waals surface area contributed by atoms with Crippen LogP contribution in [0.15, 0.2) is 70.3 Å². The van der Waals surface area contributed by atoms with Gasteiger partial charge in [-0.05, 0) is 22.9 Å². The Morgan fingerprint density at radius 2 is 1.03 bits per heavy atom. The Hall–Kier alpha value is -3.80. The number of benzene rings is 3. The van der Waals surface area contributed by atoms with Crippen LogP contribution in [0.25, 0.3) is 27.2 Å². The average molecular weight is 389 g/mol. The first-order valence-corrected chi connectivity index (χ1v) is 8.98. The zero-order valence-corrected chi connectivity index (χ0v) is 16.3. The third-order valence-electron chi connectivity index (χ3n) is 4.92. The van der Waals surface area contributed by atoms with Gasteiger partial charge in [0.15, 0.2) is 11.5 Å². The van der Waals surface area contributed by atoms with E-state index in [1.54, 1.807) is 36.4 Å². The summed E-state index contributed by atoms with van der Waals surface area (Å²) in [5.74, 6) is 1.07. The fourth-order valence-corrected chi connectivity index (χ4v) is 3.55. The van der Waals surface area contributed by atoms with Gasteiger partial charge in [0.2, 0.25) is 0 Å². The Morgan fingerprint density at radius 3 is 1.41 bits per heavy atom. The standard InChI is InChI=1S/C23H19NO5/c1-27-14-12-19(28-2)21(20(13-14)29-3)24-22(25)17-10-6-4-8-15(17)16-9-5-7-11-18(16)23(24)26/h4-13H,1-3H3. The molecule has 3 aromatic carbocycles. The molecule has 1 heterocycles. The van der Waals surface area contributed by atoms with Gasteiger partial charge < -0.3 is 14.2 Å². The van der Waals surface area contributed by atoms with Crippen LogP contribution in [0.4, 0.5) is 0 Å². The molecule has 0 spiro atoms. The molecule has 0 saturated carbocycles. The second-order valence-corrected chi connectivity index (χ2v) is 6.42. The van der Waals surface area contributed by atoms with Gasteiger partial charge in [-0.1, -0.05) is 36.4 Å². The highest BCUT2D eigenvalue weighted by Gasteiger charge is 2.20. The zero-order valence-electron chi connectivity index (χ0n) is 16.3. The monoisotopic (exact) mass is 389 g/mol. The molecule has 0 aliphatic heterocycles. The summed E-state index contributed by atoms with van der Waals surface area (Å²) in [6, 6.07) is 17.6. The van der Waals surface area contributed by atoms with Crippen LogP contribution in [0.5, 0.6) is 17.2 Å². The number of nitrogens with zero attached hydrogens (tertiary/aromatic N) is 1. The van der Waals surface area contributed by atoms with Gasteiger partial charge in [0.05, 0.1) is 21.3 Å². The molecule has 4 rings (SSSR count).